The highest BCUT2D eigenvalue weighted by Crippen LogP contribution is 2.26. The Morgan fingerprint density at radius 2 is 2.40 bits per heavy atom. The van der Waals surface area contributed by atoms with Gasteiger partial charge in [-0.3, -0.25) is 0 Å². The van der Waals surface area contributed by atoms with Gasteiger partial charge in [-0.2, -0.15) is 11.8 Å². The van der Waals surface area contributed by atoms with Gasteiger partial charge in [-0.1, -0.05) is 0 Å². The van der Waals surface area contributed by atoms with E-state index in [1.807, 2.05) is 17.8 Å². The molecular weight excluding hydrogens is 206 g/mol. The van der Waals surface area contributed by atoms with Gasteiger partial charge in [-0.05, 0) is 50.9 Å². The second-order valence-electron chi connectivity index (χ2n) is 4.14. The zero-order valence-corrected chi connectivity index (χ0v) is 10.1. The maximum absolute atomic E-state index is 5.45. The fourth-order valence-corrected chi connectivity index (χ4v) is 3.20. The van der Waals surface area contributed by atoms with Crippen molar-refractivity contribution in [2.75, 3.05) is 13.1 Å². The van der Waals surface area contributed by atoms with Crippen LogP contribution in [0.4, 0.5) is 0 Å². The first kappa shape index (κ1) is 11.1. The molecule has 2 nitrogen and oxygen atoms in total. The summed E-state index contributed by atoms with van der Waals surface area (Å²) in [4.78, 5) is 0. The molecule has 0 aromatic carbocycles. The number of aryl methyl sites for hydroxylation is 1. The van der Waals surface area contributed by atoms with Crippen LogP contribution >= 0.6 is 11.8 Å². The van der Waals surface area contributed by atoms with Crippen LogP contribution in [0.1, 0.15) is 30.6 Å². The molecule has 3 heteroatoms. The number of rotatable bonds is 3. The summed E-state index contributed by atoms with van der Waals surface area (Å²) in [5.41, 5.74) is 1.29. The third kappa shape index (κ3) is 3.28. The van der Waals surface area contributed by atoms with Gasteiger partial charge >= 0.3 is 0 Å². The number of hydrogen-bond donors (Lipinski definition) is 1. The monoisotopic (exact) mass is 225 g/mol. The first-order valence-electron chi connectivity index (χ1n) is 5.71. The summed E-state index contributed by atoms with van der Waals surface area (Å²) in [5, 5.41) is 4.25. The van der Waals surface area contributed by atoms with Gasteiger partial charge in [0.1, 0.15) is 5.76 Å². The Balaban J connectivity index is 1.79. The summed E-state index contributed by atoms with van der Waals surface area (Å²) >= 11 is 2.05. The second-order valence-corrected chi connectivity index (χ2v) is 5.43. The van der Waals surface area contributed by atoms with Crippen molar-refractivity contribution in [1.29, 1.82) is 0 Å². The van der Waals surface area contributed by atoms with E-state index < -0.39 is 0 Å². The normalized spacial score (nSPS) is 22.6. The minimum absolute atomic E-state index is 0.810. The average molecular weight is 225 g/mol. The zero-order chi connectivity index (χ0) is 10.5. The molecule has 1 N–H and O–H groups in total. The molecule has 1 aromatic rings. The molecule has 1 unspecified atom stereocenters. The molecule has 1 saturated heterocycles. The summed E-state index contributed by atoms with van der Waals surface area (Å²) in [6.45, 7) is 4.49. The van der Waals surface area contributed by atoms with Crippen molar-refractivity contribution in [3.63, 3.8) is 0 Å². The number of hydrogen-bond acceptors (Lipinski definition) is 3. The molecule has 1 aliphatic heterocycles. The third-order valence-corrected chi connectivity index (χ3v) is 4.31. The number of nitrogens with one attached hydrogen (secondary N) is 1. The topological polar surface area (TPSA) is 25.2 Å². The van der Waals surface area contributed by atoms with Crippen LogP contribution in [0.3, 0.4) is 0 Å². The zero-order valence-electron chi connectivity index (χ0n) is 9.29. The SMILES string of the molecule is Cc1ccoc1CSC1CCCNCC1. The summed E-state index contributed by atoms with van der Waals surface area (Å²) < 4.78 is 5.45. The minimum atomic E-state index is 0.810. The molecule has 1 aliphatic rings. The molecule has 1 atom stereocenters. The molecule has 2 heterocycles. The second kappa shape index (κ2) is 5.61. The standard InChI is InChI=1S/C12H19NOS/c1-10-5-8-14-12(10)9-15-11-3-2-6-13-7-4-11/h5,8,11,13H,2-4,6-7,9H2,1H3. The summed E-state index contributed by atoms with van der Waals surface area (Å²) in [6, 6.07) is 2.05. The molecule has 0 amide bonds. The van der Waals surface area contributed by atoms with Gasteiger partial charge in [-0.15, -0.1) is 0 Å². The number of thioether (sulfide) groups is 1. The van der Waals surface area contributed by atoms with Crippen molar-refractivity contribution in [2.24, 2.45) is 0 Å². The molecule has 1 fully saturated rings. The smallest absolute Gasteiger partial charge is 0.116 e. The molecule has 0 saturated carbocycles. The Morgan fingerprint density at radius 3 is 3.20 bits per heavy atom. The van der Waals surface area contributed by atoms with Gasteiger partial charge in [0.05, 0.1) is 12.0 Å². The Bertz CT molecular complexity index is 290. The van der Waals surface area contributed by atoms with E-state index in [2.05, 4.69) is 12.2 Å². The Kier molecular flexibility index (Phi) is 4.15. The maximum Gasteiger partial charge on any atom is 0.116 e. The van der Waals surface area contributed by atoms with Crippen LogP contribution < -0.4 is 5.32 Å². The van der Waals surface area contributed by atoms with E-state index in [0.717, 1.165) is 16.8 Å². The maximum atomic E-state index is 5.45. The lowest BCUT2D eigenvalue weighted by Crippen LogP contribution is -2.14. The first-order chi connectivity index (χ1) is 7.36. The molecular formula is C12H19NOS. The van der Waals surface area contributed by atoms with Gasteiger partial charge in [0.2, 0.25) is 0 Å². The highest BCUT2D eigenvalue weighted by molar-refractivity contribution is 7.99. The van der Waals surface area contributed by atoms with Crippen molar-refractivity contribution >= 4 is 11.8 Å². The van der Waals surface area contributed by atoms with Gasteiger partial charge in [0.25, 0.3) is 0 Å². The Hall–Kier alpha value is -0.410. The third-order valence-electron chi connectivity index (χ3n) is 2.94. The van der Waals surface area contributed by atoms with Crippen molar-refractivity contribution in [3.8, 4) is 0 Å². The van der Waals surface area contributed by atoms with Crippen LogP contribution in [0, 0.1) is 6.92 Å². The lowest BCUT2D eigenvalue weighted by atomic mass is 10.2. The van der Waals surface area contributed by atoms with Crippen molar-refractivity contribution in [1.82, 2.24) is 5.32 Å². The summed E-state index contributed by atoms with van der Waals surface area (Å²) in [6.07, 6.45) is 5.75. The van der Waals surface area contributed by atoms with Gasteiger partial charge in [-0.25, -0.2) is 0 Å². The van der Waals surface area contributed by atoms with E-state index in [-0.39, 0.29) is 0 Å². The van der Waals surface area contributed by atoms with E-state index in [9.17, 15) is 0 Å². The predicted octanol–water partition coefficient (Wildman–Crippen LogP) is 2.96. The molecule has 15 heavy (non-hydrogen) atoms. The van der Waals surface area contributed by atoms with Crippen LogP contribution in [-0.4, -0.2) is 18.3 Å². The fraction of sp³-hybridized carbons (Fsp3) is 0.667. The molecule has 84 valence electrons. The lowest BCUT2D eigenvalue weighted by molar-refractivity contribution is 0.527. The van der Waals surface area contributed by atoms with E-state index in [4.69, 9.17) is 4.42 Å². The number of furan rings is 1. The molecule has 0 radical (unpaired) electrons. The van der Waals surface area contributed by atoms with Crippen LogP contribution in [0.25, 0.3) is 0 Å². The van der Waals surface area contributed by atoms with Crippen LogP contribution in [0.2, 0.25) is 0 Å². The Labute approximate surface area is 95.8 Å². The molecule has 0 bridgehead atoms. The van der Waals surface area contributed by atoms with Crippen molar-refractivity contribution in [2.45, 2.75) is 37.2 Å². The van der Waals surface area contributed by atoms with E-state index in [0.29, 0.717) is 0 Å². The Morgan fingerprint density at radius 1 is 1.47 bits per heavy atom. The van der Waals surface area contributed by atoms with Crippen LogP contribution in [0.15, 0.2) is 16.7 Å². The molecule has 0 aliphatic carbocycles. The van der Waals surface area contributed by atoms with Crippen molar-refractivity contribution < 1.29 is 4.42 Å². The largest absolute Gasteiger partial charge is 0.468 e. The first-order valence-corrected chi connectivity index (χ1v) is 6.76. The summed E-state index contributed by atoms with van der Waals surface area (Å²) in [7, 11) is 0. The van der Waals surface area contributed by atoms with Gasteiger partial charge in [0.15, 0.2) is 0 Å². The predicted molar refractivity (Wildman–Crippen MR) is 65.2 cm³/mol. The van der Waals surface area contributed by atoms with Crippen LogP contribution in [-0.2, 0) is 5.75 Å². The average Bonchev–Trinajstić information content (AvgIpc) is 2.53. The summed E-state index contributed by atoms with van der Waals surface area (Å²) in [5.74, 6) is 2.18. The van der Waals surface area contributed by atoms with E-state index in [1.165, 1.54) is 37.9 Å². The molecule has 0 spiro atoms. The van der Waals surface area contributed by atoms with Crippen LogP contribution in [0.5, 0.6) is 0 Å². The van der Waals surface area contributed by atoms with E-state index >= 15 is 0 Å². The van der Waals surface area contributed by atoms with Gasteiger partial charge in [0, 0.05) is 5.25 Å². The molecule has 2 rings (SSSR count). The molecule has 1 aromatic heterocycles. The highest BCUT2D eigenvalue weighted by Gasteiger charge is 2.13. The van der Waals surface area contributed by atoms with Gasteiger partial charge < -0.3 is 9.73 Å². The minimum Gasteiger partial charge on any atom is -0.468 e. The lowest BCUT2D eigenvalue weighted by Gasteiger charge is -2.12. The van der Waals surface area contributed by atoms with Crippen molar-refractivity contribution in [3.05, 3.63) is 23.7 Å². The van der Waals surface area contributed by atoms with E-state index in [1.54, 1.807) is 6.26 Å². The highest BCUT2D eigenvalue weighted by atomic mass is 32.2. The fourth-order valence-electron chi connectivity index (χ4n) is 1.90. The quantitative estimate of drug-likeness (QED) is 0.856.